The molecule has 0 saturated heterocycles. The highest BCUT2D eigenvalue weighted by molar-refractivity contribution is 5.75. The van der Waals surface area contributed by atoms with Crippen LogP contribution in [-0.2, 0) is 11.3 Å². The first-order valence-electron chi connectivity index (χ1n) is 6.71. The molecule has 2 atom stereocenters. The summed E-state index contributed by atoms with van der Waals surface area (Å²) < 4.78 is 1.41. The van der Waals surface area contributed by atoms with Crippen LogP contribution < -0.4 is 11.1 Å². The Morgan fingerprint density at radius 1 is 1.47 bits per heavy atom. The predicted octanol–water partition coefficient (Wildman–Crippen LogP) is -0.225. The van der Waals surface area contributed by atoms with E-state index in [2.05, 4.69) is 15.4 Å². The smallest absolute Gasteiger partial charge is 0.241 e. The molecule has 0 aromatic carbocycles. The summed E-state index contributed by atoms with van der Waals surface area (Å²) in [4.78, 5) is 15.5. The van der Waals surface area contributed by atoms with E-state index in [1.807, 2.05) is 0 Å². The number of nitrogen functional groups attached to an aromatic ring is 1. The van der Waals surface area contributed by atoms with Gasteiger partial charge in [-0.05, 0) is 24.7 Å². The largest absolute Gasteiger partial charge is 0.396 e. The highest BCUT2D eigenvalue weighted by atomic mass is 16.3. The second-order valence-corrected chi connectivity index (χ2v) is 5.09. The summed E-state index contributed by atoms with van der Waals surface area (Å²) in [5.41, 5.74) is 5.38. The summed E-state index contributed by atoms with van der Waals surface area (Å²) >= 11 is 0. The van der Waals surface area contributed by atoms with Crippen molar-refractivity contribution in [2.75, 3.05) is 18.9 Å². The van der Waals surface area contributed by atoms with Crippen LogP contribution in [0.1, 0.15) is 25.7 Å². The van der Waals surface area contributed by atoms with Gasteiger partial charge >= 0.3 is 0 Å². The molecule has 1 aliphatic carbocycles. The fourth-order valence-corrected chi connectivity index (χ4v) is 2.63. The molecule has 19 heavy (non-hydrogen) atoms. The second kappa shape index (κ2) is 6.51. The Bertz CT molecular complexity index is 420. The molecule has 1 heterocycles. The number of aliphatic hydroxyl groups excluding tert-OH is 1. The van der Waals surface area contributed by atoms with Crippen molar-refractivity contribution in [3.8, 4) is 0 Å². The number of aromatic nitrogens is 3. The molecule has 2 unspecified atom stereocenters. The normalized spacial score (nSPS) is 23.2. The molecule has 2 rings (SSSR count). The lowest BCUT2D eigenvalue weighted by Crippen LogP contribution is -2.37. The summed E-state index contributed by atoms with van der Waals surface area (Å²) in [5.74, 6) is 0.757. The molecule has 4 N–H and O–H groups in total. The van der Waals surface area contributed by atoms with Crippen LogP contribution in [0.25, 0.3) is 0 Å². The molecule has 1 amide bonds. The van der Waals surface area contributed by atoms with E-state index in [1.54, 1.807) is 0 Å². The van der Waals surface area contributed by atoms with Crippen molar-refractivity contribution < 1.29 is 9.90 Å². The van der Waals surface area contributed by atoms with Crippen molar-refractivity contribution in [2.45, 2.75) is 32.2 Å². The van der Waals surface area contributed by atoms with Gasteiger partial charge in [-0.15, -0.1) is 5.10 Å². The van der Waals surface area contributed by atoms with E-state index in [4.69, 9.17) is 5.73 Å². The molecule has 1 saturated carbocycles. The molecular formula is C12H21N5O2. The zero-order valence-corrected chi connectivity index (χ0v) is 11.0. The highest BCUT2D eigenvalue weighted by Gasteiger charge is 2.24. The fourth-order valence-electron chi connectivity index (χ4n) is 2.63. The number of hydrogen-bond donors (Lipinski definition) is 3. The number of amides is 1. The summed E-state index contributed by atoms with van der Waals surface area (Å²) in [6, 6.07) is 0. The van der Waals surface area contributed by atoms with Crippen LogP contribution in [0.15, 0.2) is 6.33 Å². The number of nitrogens with one attached hydrogen (secondary N) is 1. The molecule has 7 heteroatoms. The van der Waals surface area contributed by atoms with Crippen molar-refractivity contribution >= 4 is 11.9 Å². The number of carbonyl (C=O) groups is 1. The minimum atomic E-state index is -0.104. The average Bonchev–Trinajstić information content (AvgIpc) is 2.82. The summed E-state index contributed by atoms with van der Waals surface area (Å²) in [7, 11) is 0. The number of nitrogens with two attached hydrogens (primary N) is 1. The molecule has 1 aliphatic rings. The lowest BCUT2D eigenvalue weighted by Gasteiger charge is -2.30. The Hall–Kier alpha value is -1.63. The van der Waals surface area contributed by atoms with Gasteiger partial charge in [0.1, 0.15) is 12.9 Å². The maximum atomic E-state index is 11.8. The molecule has 1 fully saturated rings. The van der Waals surface area contributed by atoms with Crippen LogP contribution >= 0.6 is 0 Å². The molecule has 1 aromatic rings. The quantitative estimate of drug-likeness (QED) is 0.683. The van der Waals surface area contributed by atoms with E-state index < -0.39 is 0 Å². The predicted molar refractivity (Wildman–Crippen MR) is 70.0 cm³/mol. The zero-order valence-electron chi connectivity index (χ0n) is 11.0. The second-order valence-electron chi connectivity index (χ2n) is 5.09. The van der Waals surface area contributed by atoms with Gasteiger partial charge in [0.25, 0.3) is 0 Å². The Balaban J connectivity index is 1.76. The van der Waals surface area contributed by atoms with Gasteiger partial charge in [-0.1, -0.05) is 12.8 Å². The van der Waals surface area contributed by atoms with Gasteiger partial charge in [0, 0.05) is 13.2 Å². The van der Waals surface area contributed by atoms with E-state index in [0.717, 1.165) is 12.8 Å². The van der Waals surface area contributed by atoms with Gasteiger partial charge in [-0.3, -0.25) is 4.79 Å². The van der Waals surface area contributed by atoms with Gasteiger partial charge in [0.05, 0.1) is 0 Å². The third-order valence-corrected chi connectivity index (χ3v) is 3.72. The van der Waals surface area contributed by atoms with Crippen molar-refractivity contribution in [3.05, 3.63) is 6.33 Å². The molecule has 1 aromatic heterocycles. The SMILES string of the molecule is Nc1ncn(CC(=O)NCC2CCCCC2CO)n1. The van der Waals surface area contributed by atoms with E-state index in [1.165, 1.54) is 23.9 Å². The van der Waals surface area contributed by atoms with Gasteiger partial charge < -0.3 is 16.2 Å². The molecule has 0 radical (unpaired) electrons. The number of rotatable bonds is 5. The van der Waals surface area contributed by atoms with Gasteiger partial charge in [-0.2, -0.15) is 0 Å². The minimum Gasteiger partial charge on any atom is -0.396 e. The number of nitrogens with zero attached hydrogens (tertiary/aromatic N) is 3. The Kier molecular flexibility index (Phi) is 4.73. The van der Waals surface area contributed by atoms with Crippen molar-refractivity contribution in [2.24, 2.45) is 11.8 Å². The molecule has 0 aliphatic heterocycles. The van der Waals surface area contributed by atoms with Crippen molar-refractivity contribution in [1.82, 2.24) is 20.1 Å². The molecule has 0 bridgehead atoms. The Labute approximate surface area is 112 Å². The maximum absolute atomic E-state index is 11.8. The van der Waals surface area contributed by atoms with Crippen LogP contribution in [-0.4, -0.2) is 38.9 Å². The number of aliphatic hydroxyl groups is 1. The highest BCUT2D eigenvalue weighted by Crippen LogP contribution is 2.28. The summed E-state index contributed by atoms with van der Waals surface area (Å²) in [6.07, 6.45) is 5.91. The Morgan fingerprint density at radius 3 is 2.84 bits per heavy atom. The van der Waals surface area contributed by atoms with Crippen molar-refractivity contribution in [3.63, 3.8) is 0 Å². The molecule has 106 valence electrons. The summed E-state index contributed by atoms with van der Waals surface area (Å²) in [6.45, 7) is 0.953. The lowest BCUT2D eigenvalue weighted by atomic mass is 9.79. The number of carbonyl (C=O) groups excluding carboxylic acids is 1. The fraction of sp³-hybridized carbons (Fsp3) is 0.750. The van der Waals surface area contributed by atoms with Gasteiger partial charge in [0.2, 0.25) is 11.9 Å². The van der Waals surface area contributed by atoms with Crippen LogP contribution in [0.5, 0.6) is 0 Å². The maximum Gasteiger partial charge on any atom is 0.241 e. The number of anilines is 1. The molecular weight excluding hydrogens is 246 g/mol. The van der Waals surface area contributed by atoms with Crippen LogP contribution in [0, 0.1) is 11.8 Å². The lowest BCUT2D eigenvalue weighted by molar-refractivity contribution is -0.122. The van der Waals surface area contributed by atoms with E-state index in [0.29, 0.717) is 18.4 Å². The third kappa shape index (κ3) is 3.92. The molecule has 7 nitrogen and oxygen atoms in total. The first-order valence-corrected chi connectivity index (χ1v) is 6.71. The van der Waals surface area contributed by atoms with Crippen LogP contribution in [0.3, 0.4) is 0 Å². The van der Waals surface area contributed by atoms with Crippen LogP contribution in [0.2, 0.25) is 0 Å². The first kappa shape index (κ1) is 13.8. The van der Waals surface area contributed by atoms with E-state index in [9.17, 15) is 9.90 Å². The van der Waals surface area contributed by atoms with Crippen molar-refractivity contribution in [1.29, 1.82) is 0 Å². The van der Waals surface area contributed by atoms with Gasteiger partial charge in [0.15, 0.2) is 0 Å². The average molecular weight is 267 g/mol. The van der Waals surface area contributed by atoms with E-state index >= 15 is 0 Å². The first-order chi connectivity index (χ1) is 9.19. The monoisotopic (exact) mass is 267 g/mol. The zero-order chi connectivity index (χ0) is 13.7. The molecule has 0 spiro atoms. The minimum absolute atomic E-state index is 0.104. The summed E-state index contributed by atoms with van der Waals surface area (Å²) in [5, 5.41) is 16.1. The Morgan fingerprint density at radius 2 is 2.21 bits per heavy atom. The third-order valence-electron chi connectivity index (χ3n) is 3.72. The standard InChI is InChI=1S/C12H21N5O2/c13-12-15-8-17(16-12)6-11(19)14-5-9-3-1-2-4-10(9)7-18/h8-10,18H,1-7H2,(H2,13,16)(H,14,19). The van der Waals surface area contributed by atoms with Gasteiger partial charge in [-0.25, -0.2) is 9.67 Å². The van der Waals surface area contributed by atoms with E-state index in [-0.39, 0.29) is 25.0 Å². The topological polar surface area (TPSA) is 106 Å². The van der Waals surface area contributed by atoms with Crippen LogP contribution in [0.4, 0.5) is 5.95 Å². The number of hydrogen-bond acceptors (Lipinski definition) is 5.